The Balaban J connectivity index is 2.20. The SMILES string of the molecule is Cc1cc(Oc2cnc(C(F)(F)F)nc2)cc(Br)n1. The number of hydrogen-bond donors (Lipinski definition) is 0. The molecule has 0 aliphatic heterocycles. The first kappa shape index (κ1) is 13.7. The third kappa shape index (κ3) is 3.63. The lowest BCUT2D eigenvalue weighted by Gasteiger charge is -2.08. The van der Waals surface area contributed by atoms with E-state index in [1.54, 1.807) is 19.1 Å². The summed E-state index contributed by atoms with van der Waals surface area (Å²) in [4.78, 5) is 10.5. The number of halogens is 4. The minimum Gasteiger partial charge on any atom is -0.454 e. The van der Waals surface area contributed by atoms with Crippen LogP contribution in [0.1, 0.15) is 11.5 Å². The summed E-state index contributed by atoms with van der Waals surface area (Å²) in [7, 11) is 0. The smallest absolute Gasteiger partial charge is 0.451 e. The molecule has 0 unspecified atom stereocenters. The molecule has 0 amide bonds. The lowest BCUT2D eigenvalue weighted by Crippen LogP contribution is -2.10. The summed E-state index contributed by atoms with van der Waals surface area (Å²) in [6, 6.07) is 3.23. The number of nitrogens with zero attached hydrogens (tertiary/aromatic N) is 3. The van der Waals surface area contributed by atoms with Crippen molar-refractivity contribution in [3.63, 3.8) is 0 Å². The summed E-state index contributed by atoms with van der Waals surface area (Å²) >= 11 is 3.19. The average Bonchev–Trinajstić information content (AvgIpc) is 2.26. The van der Waals surface area contributed by atoms with Crippen molar-refractivity contribution in [1.82, 2.24) is 15.0 Å². The lowest BCUT2D eigenvalue weighted by atomic mass is 10.3. The molecule has 0 fully saturated rings. The van der Waals surface area contributed by atoms with Crippen molar-refractivity contribution >= 4 is 15.9 Å². The highest BCUT2D eigenvalue weighted by molar-refractivity contribution is 9.10. The van der Waals surface area contributed by atoms with E-state index in [0.717, 1.165) is 12.4 Å². The molecule has 4 nitrogen and oxygen atoms in total. The zero-order valence-electron chi connectivity index (χ0n) is 9.57. The summed E-state index contributed by atoms with van der Waals surface area (Å²) in [5, 5.41) is 0. The molecule has 2 aromatic heterocycles. The van der Waals surface area contributed by atoms with Crippen LogP contribution in [-0.2, 0) is 6.18 Å². The summed E-state index contributed by atoms with van der Waals surface area (Å²) < 4.78 is 42.7. The molecular formula is C11H7BrF3N3O. The maximum atomic E-state index is 12.3. The van der Waals surface area contributed by atoms with Crippen LogP contribution in [0.3, 0.4) is 0 Å². The van der Waals surface area contributed by atoms with E-state index in [2.05, 4.69) is 30.9 Å². The van der Waals surface area contributed by atoms with Gasteiger partial charge in [0, 0.05) is 17.8 Å². The van der Waals surface area contributed by atoms with E-state index in [1.165, 1.54) is 0 Å². The summed E-state index contributed by atoms with van der Waals surface area (Å²) in [6.07, 6.45) is -2.62. The van der Waals surface area contributed by atoms with Crippen LogP contribution in [0, 0.1) is 6.92 Å². The van der Waals surface area contributed by atoms with Crippen LogP contribution in [0.5, 0.6) is 11.5 Å². The normalized spacial score (nSPS) is 11.4. The third-order valence-electron chi connectivity index (χ3n) is 2.01. The highest BCUT2D eigenvalue weighted by atomic mass is 79.9. The predicted molar refractivity (Wildman–Crippen MR) is 63.8 cm³/mol. The first-order valence-electron chi connectivity index (χ1n) is 5.06. The van der Waals surface area contributed by atoms with Crippen LogP contribution in [0.4, 0.5) is 13.2 Å². The van der Waals surface area contributed by atoms with E-state index in [1.807, 2.05) is 0 Å². The van der Waals surface area contributed by atoms with Crippen LogP contribution in [0.25, 0.3) is 0 Å². The quantitative estimate of drug-likeness (QED) is 0.785. The molecule has 100 valence electrons. The number of hydrogen-bond acceptors (Lipinski definition) is 4. The molecule has 8 heteroatoms. The van der Waals surface area contributed by atoms with Crippen LogP contribution < -0.4 is 4.74 Å². The Labute approximate surface area is 114 Å². The van der Waals surface area contributed by atoms with Crippen molar-refractivity contribution in [3.05, 3.63) is 40.6 Å². The lowest BCUT2D eigenvalue weighted by molar-refractivity contribution is -0.145. The number of aromatic nitrogens is 3. The second kappa shape index (κ2) is 5.12. The van der Waals surface area contributed by atoms with Gasteiger partial charge in [0.25, 0.3) is 0 Å². The minimum absolute atomic E-state index is 0.116. The number of pyridine rings is 1. The molecule has 2 aromatic rings. The zero-order chi connectivity index (χ0) is 14.0. The second-order valence-electron chi connectivity index (χ2n) is 3.61. The molecular weight excluding hydrogens is 327 g/mol. The van der Waals surface area contributed by atoms with Gasteiger partial charge in [0.05, 0.1) is 12.4 Å². The number of alkyl halides is 3. The van der Waals surface area contributed by atoms with Gasteiger partial charge in [-0.25, -0.2) is 15.0 Å². The van der Waals surface area contributed by atoms with Gasteiger partial charge in [-0.15, -0.1) is 0 Å². The Morgan fingerprint density at radius 1 is 1.11 bits per heavy atom. The Hall–Kier alpha value is -1.70. The van der Waals surface area contributed by atoms with Gasteiger partial charge < -0.3 is 4.74 Å². The molecule has 0 atom stereocenters. The molecule has 0 saturated carbocycles. The van der Waals surface area contributed by atoms with E-state index in [0.29, 0.717) is 16.0 Å². The first-order valence-corrected chi connectivity index (χ1v) is 5.85. The minimum atomic E-state index is -4.56. The monoisotopic (exact) mass is 333 g/mol. The maximum Gasteiger partial charge on any atom is 0.451 e. The highest BCUT2D eigenvalue weighted by Crippen LogP contribution is 2.28. The molecule has 0 bridgehead atoms. The van der Waals surface area contributed by atoms with Gasteiger partial charge in [-0.2, -0.15) is 13.2 Å². The second-order valence-corrected chi connectivity index (χ2v) is 4.42. The van der Waals surface area contributed by atoms with Crippen LogP contribution in [-0.4, -0.2) is 15.0 Å². The molecule has 0 radical (unpaired) electrons. The molecule has 2 heterocycles. The molecule has 2 rings (SSSR count). The summed E-state index contributed by atoms with van der Waals surface area (Å²) in [5.41, 5.74) is 0.706. The van der Waals surface area contributed by atoms with Gasteiger partial charge in [-0.1, -0.05) is 0 Å². The topological polar surface area (TPSA) is 47.9 Å². The third-order valence-corrected chi connectivity index (χ3v) is 2.42. The largest absolute Gasteiger partial charge is 0.454 e. The Morgan fingerprint density at radius 3 is 2.26 bits per heavy atom. The van der Waals surface area contributed by atoms with Gasteiger partial charge in [0.2, 0.25) is 5.82 Å². The average molecular weight is 334 g/mol. The van der Waals surface area contributed by atoms with E-state index in [9.17, 15) is 13.2 Å². The van der Waals surface area contributed by atoms with Crippen LogP contribution in [0.2, 0.25) is 0 Å². The van der Waals surface area contributed by atoms with E-state index < -0.39 is 12.0 Å². The fourth-order valence-corrected chi connectivity index (χ4v) is 1.81. The van der Waals surface area contributed by atoms with Gasteiger partial charge in [0.15, 0.2) is 5.75 Å². The molecule has 19 heavy (non-hydrogen) atoms. The molecule has 0 aromatic carbocycles. The molecule has 0 aliphatic carbocycles. The standard InChI is InChI=1S/C11H7BrF3N3O/c1-6-2-7(3-9(12)18-6)19-8-4-16-10(17-5-8)11(13,14)15/h2-5H,1H3. The van der Waals surface area contributed by atoms with Crippen molar-refractivity contribution in [2.24, 2.45) is 0 Å². The molecule has 0 spiro atoms. The number of rotatable bonds is 2. The van der Waals surface area contributed by atoms with Crippen molar-refractivity contribution < 1.29 is 17.9 Å². The van der Waals surface area contributed by atoms with Crippen molar-refractivity contribution in [3.8, 4) is 11.5 Å². The van der Waals surface area contributed by atoms with Gasteiger partial charge in [-0.05, 0) is 22.9 Å². The van der Waals surface area contributed by atoms with Crippen molar-refractivity contribution in [2.75, 3.05) is 0 Å². The van der Waals surface area contributed by atoms with Crippen LogP contribution in [0.15, 0.2) is 29.1 Å². The Morgan fingerprint density at radius 2 is 1.74 bits per heavy atom. The highest BCUT2D eigenvalue weighted by Gasteiger charge is 2.34. The Kier molecular flexibility index (Phi) is 3.70. The predicted octanol–water partition coefficient (Wildman–Crippen LogP) is 3.75. The van der Waals surface area contributed by atoms with Gasteiger partial charge >= 0.3 is 6.18 Å². The fourth-order valence-electron chi connectivity index (χ4n) is 1.31. The van der Waals surface area contributed by atoms with E-state index >= 15 is 0 Å². The van der Waals surface area contributed by atoms with E-state index in [-0.39, 0.29) is 5.75 Å². The molecule has 0 aliphatic rings. The van der Waals surface area contributed by atoms with Gasteiger partial charge in [0.1, 0.15) is 10.4 Å². The number of aryl methyl sites for hydroxylation is 1. The molecule has 0 N–H and O–H groups in total. The number of ether oxygens (including phenoxy) is 1. The summed E-state index contributed by atoms with van der Waals surface area (Å²) in [5.74, 6) is -0.653. The maximum absolute atomic E-state index is 12.3. The van der Waals surface area contributed by atoms with E-state index in [4.69, 9.17) is 4.74 Å². The Bertz CT molecular complexity index is 566. The van der Waals surface area contributed by atoms with Crippen LogP contribution >= 0.6 is 15.9 Å². The van der Waals surface area contributed by atoms with Gasteiger partial charge in [-0.3, -0.25) is 0 Å². The zero-order valence-corrected chi connectivity index (χ0v) is 11.2. The van der Waals surface area contributed by atoms with Crippen molar-refractivity contribution in [2.45, 2.75) is 13.1 Å². The first-order chi connectivity index (χ1) is 8.84. The summed E-state index contributed by atoms with van der Waals surface area (Å²) in [6.45, 7) is 1.76. The fraction of sp³-hybridized carbons (Fsp3) is 0.182. The molecule has 0 saturated heterocycles. The van der Waals surface area contributed by atoms with Crippen molar-refractivity contribution in [1.29, 1.82) is 0 Å².